The summed E-state index contributed by atoms with van der Waals surface area (Å²) in [4.78, 5) is 2.34. The molecule has 1 aliphatic rings. The average molecular weight is 370 g/mol. The summed E-state index contributed by atoms with van der Waals surface area (Å²) in [5.41, 5.74) is 2.58. The molecule has 1 saturated heterocycles. The molecular formula is C15H13ClIN. The fourth-order valence-corrected chi connectivity index (χ4v) is 3.32. The lowest BCUT2D eigenvalue weighted by molar-refractivity contribution is 0.525. The van der Waals surface area contributed by atoms with E-state index in [0.717, 1.165) is 23.8 Å². The smallest absolute Gasteiger partial charge is 0.0650 e. The Kier molecular flexibility index (Phi) is 3.48. The van der Waals surface area contributed by atoms with Crippen LogP contribution in [0, 0.1) is 3.57 Å². The number of hydrogen-bond donors (Lipinski definition) is 0. The zero-order valence-corrected chi connectivity index (χ0v) is 12.7. The first kappa shape index (κ1) is 12.3. The molecule has 0 bridgehead atoms. The van der Waals surface area contributed by atoms with Crippen LogP contribution in [0.5, 0.6) is 0 Å². The van der Waals surface area contributed by atoms with Crippen LogP contribution in [-0.2, 0) is 0 Å². The molecule has 1 nitrogen and oxygen atoms in total. The average Bonchev–Trinajstić information content (AvgIpc) is 2.31. The quantitative estimate of drug-likeness (QED) is 0.702. The Bertz CT molecular complexity index is 550. The highest BCUT2D eigenvalue weighted by atomic mass is 127. The van der Waals surface area contributed by atoms with Crippen LogP contribution in [0.15, 0.2) is 48.5 Å². The van der Waals surface area contributed by atoms with Crippen LogP contribution >= 0.6 is 34.2 Å². The number of nitrogens with zero attached hydrogens (tertiary/aromatic N) is 1. The van der Waals surface area contributed by atoms with Crippen LogP contribution in [-0.4, -0.2) is 13.1 Å². The van der Waals surface area contributed by atoms with Gasteiger partial charge in [-0.2, -0.15) is 0 Å². The number of benzene rings is 2. The SMILES string of the molecule is Clc1cc(I)ccc1N1CC(c2ccccc2)C1. The molecule has 0 radical (unpaired) electrons. The van der Waals surface area contributed by atoms with Crippen molar-refractivity contribution in [2.45, 2.75) is 5.92 Å². The Morgan fingerprint density at radius 3 is 2.44 bits per heavy atom. The molecule has 3 heteroatoms. The second kappa shape index (κ2) is 5.10. The molecular weight excluding hydrogens is 357 g/mol. The third-order valence-corrected chi connectivity index (χ3v) is 4.38. The molecule has 1 fully saturated rings. The topological polar surface area (TPSA) is 3.24 Å². The van der Waals surface area contributed by atoms with E-state index in [1.54, 1.807) is 0 Å². The lowest BCUT2D eigenvalue weighted by atomic mass is 9.91. The van der Waals surface area contributed by atoms with E-state index < -0.39 is 0 Å². The van der Waals surface area contributed by atoms with Gasteiger partial charge in [0.15, 0.2) is 0 Å². The lowest BCUT2D eigenvalue weighted by Gasteiger charge is -2.41. The van der Waals surface area contributed by atoms with Crippen LogP contribution in [0.1, 0.15) is 11.5 Å². The summed E-state index contributed by atoms with van der Waals surface area (Å²) in [5, 5.41) is 0.855. The number of hydrogen-bond acceptors (Lipinski definition) is 1. The van der Waals surface area contributed by atoms with Crippen LogP contribution in [0.25, 0.3) is 0 Å². The predicted octanol–water partition coefficient (Wildman–Crippen LogP) is 4.55. The van der Waals surface area contributed by atoms with E-state index in [-0.39, 0.29) is 0 Å². The largest absolute Gasteiger partial charge is 0.369 e. The summed E-state index contributed by atoms with van der Waals surface area (Å²) in [7, 11) is 0. The van der Waals surface area contributed by atoms with Crippen molar-refractivity contribution in [1.82, 2.24) is 0 Å². The Morgan fingerprint density at radius 2 is 1.78 bits per heavy atom. The molecule has 0 atom stereocenters. The Hall–Kier alpha value is -0.740. The molecule has 0 N–H and O–H groups in total. The molecule has 1 heterocycles. The van der Waals surface area contributed by atoms with Crippen LogP contribution in [0.3, 0.4) is 0 Å². The fraction of sp³-hybridized carbons (Fsp3) is 0.200. The minimum Gasteiger partial charge on any atom is -0.369 e. The van der Waals surface area contributed by atoms with Gasteiger partial charge < -0.3 is 4.90 Å². The minimum absolute atomic E-state index is 0.640. The first-order chi connectivity index (χ1) is 8.74. The van der Waals surface area contributed by atoms with Gasteiger partial charge in [-0.05, 0) is 46.4 Å². The summed E-state index contributed by atoms with van der Waals surface area (Å²) in [6.07, 6.45) is 0. The van der Waals surface area contributed by atoms with Gasteiger partial charge in [0.25, 0.3) is 0 Å². The third kappa shape index (κ3) is 2.36. The van der Waals surface area contributed by atoms with E-state index in [4.69, 9.17) is 11.6 Å². The standard InChI is InChI=1S/C15H13ClIN/c16-14-8-13(17)6-7-15(14)18-9-12(10-18)11-4-2-1-3-5-11/h1-8,12H,9-10H2. The number of rotatable bonds is 2. The molecule has 0 aromatic heterocycles. The van der Waals surface area contributed by atoms with E-state index >= 15 is 0 Å². The van der Waals surface area contributed by atoms with E-state index in [0.29, 0.717) is 5.92 Å². The van der Waals surface area contributed by atoms with Gasteiger partial charge >= 0.3 is 0 Å². The second-order valence-corrected chi connectivity index (χ2v) is 6.26. The molecule has 2 aromatic rings. The summed E-state index contributed by atoms with van der Waals surface area (Å²) in [6.45, 7) is 2.12. The van der Waals surface area contributed by atoms with Gasteiger partial charge in [-0.15, -0.1) is 0 Å². The molecule has 0 unspecified atom stereocenters. The molecule has 0 aliphatic carbocycles. The van der Waals surface area contributed by atoms with Crippen LogP contribution < -0.4 is 4.90 Å². The van der Waals surface area contributed by atoms with Crippen molar-refractivity contribution >= 4 is 39.9 Å². The van der Waals surface area contributed by atoms with E-state index in [2.05, 4.69) is 70.0 Å². The monoisotopic (exact) mass is 369 g/mol. The normalized spacial score (nSPS) is 15.6. The highest BCUT2D eigenvalue weighted by molar-refractivity contribution is 14.1. The van der Waals surface area contributed by atoms with Crippen molar-refractivity contribution < 1.29 is 0 Å². The minimum atomic E-state index is 0.640. The van der Waals surface area contributed by atoms with Gasteiger partial charge in [0.05, 0.1) is 10.7 Å². The van der Waals surface area contributed by atoms with E-state index in [9.17, 15) is 0 Å². The van der Waals surface area contributed by atoms with Crippen molar-refractivity contribution in [1.29, 1.82) is 0 Å². The maximum Gasteiger partial charge on any atom is 0.0650 e. The van der Waals surface area contributed by atoms with Gasteiger partial charge in [0, 0.05) is 22.6 Å². The summed E-state index contributed by atoms with van der Waals surface area (Å²) in [6, 6.07) is 16.9. The number of halogens is 2. The Balaban J connectivity index is 1.72. The fourth-order valence-electron chi connectivity index (χ4n) is 2.35. The van der Waals surface area contributed by atoms with Gasteiger partial charge in [-0.3, -0.25) is 0 Å². The molecule has 3 rings (SSSR count). The first-order valence-corrected chi connectivity index (χ1v) is 7.44. The molecule has 92 valence electrons. The van der Waals surface area contributed by atoms with Crippen molar-refractivity contribution in [3.63, 3.8) is 0 Å². The highest BCUT2D eigenvalue weighted by Gasteiger charge is 2.29. The van der Waals surface area contributed by atoms with Crippen molar-refractivity contribution in [2.24, 2.45) is 0 Å². The van der Waals surface area contributed by atoms with Crippen molar-refractivity contribution in [3.8, 4) is 0 Å². The molecule has 0 spiro atoms. The number of anilines is 1. The van der Waals surface area contributed by atoms with Gasteiger partial charge in [-0.25, -0.2) is 0 Å². The molecule has 2 aromatic carbocycles. The Labute approximate surface area is 126 Å². The highest BCUT2D eigenvalue weighted by Crippen LogP contribution is 2.36. The zero-order valence-electron chi connectivity index (χ0n) is 9.81. The summed E-state index contributed by atoms with van der Waals surface area (Å²) in [5.74, 6) is 0.640. The zero-order chi connectivity index (χ0) is 12.5. The van der Waals surface area contributed by atoms with Crippen molar-refractivity contribution in [2.75, 3.05) is 18.0 Å². The third-order valence-electron chi connectivity index (χ3n) is 3.40. The molecule has 0 saturated carbocycles. The van der Waals surface area contributed by atoms with Crippen molar-refractivity contribution in [3.05, 3.63) is 62.7 Å². The molecule has 0 amide bonds. The second-order valence-electron chi connectivity index (χ2n) is 4.61. The van der Waals surface area contributed by atoms with E-state index in [1.165, 1.54) is 9.13 Å². The summed E-state index contributed by atoms with van der Waals surface area (Å²) >= 11 is 8.57. The van der Waals surface area contributed by atoms with Gasteiger partial charge in [0.2, 0.25) is 0 Å². The van der Waals surface area contributed by atoms with Crippen LogP contribution in [0.4, 0.5) is 5.69 Å². The maximum absolute atomic E-state index is 6.28. The predicted molar refractivity (Wildman–Crippen MR) is 85.6 cm³/mol. The van der Waals surface area contributed by atoms with E-state index in [1.807, 2.05) is 6.07 Å². The lowest BCUT2D eigenvalue weighted by Crippen LogP contribution is -2.45. The first-order valence-electron chi connectivity index (χ1n) is 5.99. The molecule has 18 heavy (non-hydrogen) atoms. The maximum atomic E-state index is 6.28. The Morgan fingerprint density at radius 1 is 1.06 bits per heavy atom. The summed E-state index contributed by atoms with van der Waals surface area (Å²) < 4.78 is 1.18. The van der Waals surface area contributed by atoms with Crippen LogP contribution in [0.2, 0.25) is 5.02 Å². The van der Waals surface area contributed by atoms with Gasteiger partial charge in [-0.1, -0.05) is 41.9 Å². The van der Waals surface area contributed by atoms with Gasteiger partial charge in [0.1, 0.15) is 0 Å². The molecule has 1 aliphatic heterocycles.